The van der Waals surface area contributed by atoms with E-state index in [0.717, 1.165) is 34.3 Å². The third-order valence-corrected chi connectivity index (χ3v) is 5.68. The van der Waals surface area contributed by atoms with Gasteiger partial charge in [0.1, 0.15) is 0 Å². The topological polar surface area (TPSA) is 66.9 Å². The predicted molar refractivity (Wildman–Crippen MR) is 123 cm³/mol. The maximum Gasteiger partial charge on any atom is 0.250 e. The number of aromatic nitrogens is 2. The summed E-state index contributed by atoms with van der Waals surface area (Å²) < 4.78 is 17.9. The van der Waals surface area contributed by atoms with Crippen molar-refractivity contribution in [3.8, 4) is 11.1 Å². The van der Waals surface area contributed by atoms with Gasteiger partial charge in [0.05, 0.1) is 11.2 Å². The van der Waals surface area contributed by atoms with Crippen molar-refractivity contribution in [3.05, 3.63) is 88.5 Å². The molecule has 5 nitrogen and oxygen atoms in total. The second kappa shape index (κ2) is 7.37. The number of aromatic amines is 1. The van der Waals surface area contributed by atoms with E-state index in [9.17, 15) is 9.00 Å². The molecule has 0 saturated heterocycles. The van der Waals surface area contributed by atoms with Gasteiger partial charge >= 0.3 is 0 Å². The molecule has 2 aromatic heterocycles. The number of thiol groups is 1. The molecular weight excluding hydrogens is 382 g/mol. The van der Waals surface area contributed by atoms with Gasteiger partial charge in [0.15, 0.2) is 0 Å². The smallest absolute Gasteiger partial charge is 0.250 e. The van der Waals surface area contributed by atoms with E-state index in [-0.39, 0.29) is 5.56 Å². The largest absolute Gasteiger partial charge is 0.343 e. The van der Waals surface area contributed by atoms with Crippen molar-refractivity contribution in [2.75, 3.05) is 17.2 Å². The number of nitrogens with one attached hydrogen (secondary N) is 2. The van der Waals surface area contributed by atoms with Gasteiger partial charge in [-0.2, -0.15) is 0 Å². The van der Waals surface area contributed by atoms with Crippen LogP contribution in [-0.2, 0) is 16.7 Å². The van der Waals surface area contributed by atoms with Crippen LogP contribution >= 0.6 is 0 Å². The molecule has 0 bridgehead atoms. The van der Waals surface area contributed by atoms with Crippen molar-refractivity contribution in [2.24, 2.45) is 0 Å². The number of aryl methyl sites for hydroxylation is 1. The highest BCUT2D eigenvalue weighted by atomic mass is 32.3. The van der Waals surface area contributed by atoms with Crippen LogP contribution in [0.2, 0.25) is 0 Å². The molecule has 150 valence electrons. The molecule has 0 aliphatic heterocycles. The zero-order chi connectivity index (χ0) is 20.6. The molecule has 0 fully saturated rings. The van der Waals surface area contributed by atoms with Crippen LogP contribution < -0.4 is 10.3 Å². The minimum absolute atomic E-state index is 0.0905. The fourth-order valence-electron chi connectivity index (χ4n) is 3.53. The van der Waals surface area contributed by atoms with Crippen LogP contribution in [0.25, 0.3) is 22.0 Å². The van der Waals surface area contributed by atoms with Crippen molar-refractivity contribution in [2.45, 2.75) is 13.5 Å². The Hall–Kier alpha value is -3.12. The Bertz CT molecular complexity index is 1280. The number of rotatable bonds is 5. The summed E-state index contributed by atoms with van der Waals surface area (Å²) >= 11 is 0. The van der Waals surface area contributed by atoms with Crippen molar-refractivity contribution in [1.29, 1.82) is 0 Å². The van der Waals surface area contributed by atoms with E-state index >= 15 is 0 Å². The molecule has 0 amide bonds. The summed E-state index contributed by atoms with van der Waals surface area (Å²) in [5.74, 6) is 0. The SMILES string of the molecule is Cc1cc(-c2cc(N[SH](C)(C)=O)c3ccn(Cc4ccccc4)c3c2)c[nH]c1=O. The summed E-state index contributed by atoms with van der Waals surface area (Å²) in [6, 6.07) is 18.3. The average molecular weight is 408 g/mol. The molecule has 0 spiro atoms. The Morgan fingerprint density at radius 2 is 1.79 bits per heavy atom. The second-order valence-corrected chi connectivity index (χ2v) is 10.7. The van der Waals surface area contributed by atoms with E-state index in [0.29, 0.717) is 5.56 Å². The Labute approximate surface area is 171 Å². The first-order chi connectivity index (χ1) is 13.8. The minimum atomic E-state index is -2.50. The minimum Gasteiger partial charge on any atom is -0.343 e. The lowest BCUT2D eigenvalue weighted by Gasteiger charge is -2.19. The van der Waals surface area contributed by atoms with Gasteiger partial charge < -0.3 is 14.3 Å². The molecule has 4 rings (SSSR count). The maximum absolute atomic E-state index is 12.5. The van der Waals surface area contributed by atoms with Gasteiger partial charge in [-0.3, -0.25) is 9.00 Å². The number of pyridine rings is 1. The monoisotopic (exact) mass is 407 g/mol. The molecule has 2 aromatic carbocycles. The van der Waals surface area contributed by atoms with Crippen molar-refractivity contribution in [3.63, 3.8) is 0 Å². The highest BCUT2D eigenvalue weighted by Crippen LogP contribution is 2.33. The standard InChI is InChI=1S/C23H25N3O2S/c1-16-11-19(14-24-23(16)27)18-12-21(25-29(2,3)28)20-9-10-26(22(20)13-18)15-17-7-5-4-6-8-17/h4-14,29H,15H2,1-3H3,(H,24,27)(H,25,28). The number of anilines is 1. The fourth-order valence-corrected chi connectivity index (χ4v) is 4.29. The molecule has 0 unspecified atom stereocenters. The summed E-state index contributed by atoms with van der Waals surface area (Å²) in [4.78, 5) is 14.6. The number of H-pyrrole nitrogens is 1. The van der Waals surface area contributed by atoms with Gasteiger partial charge in [0.2, 0.25) is 0 Å². The van der Waals surface area contributed by atoms with Crippen LogP contribution in [0, 0.1) is 6.92 Å². The van der Waals surface area contributed by atoms with E-state index in [4.69, 9.17) is 0 Å². The van der Waals surface area contributed by atoms with Crippen LogP contribution in [0.3, 0.4) is 0 Å². The lowest BCUT2D eigenvalue weighted by Crippen LogP contribution is -2.18. The van der Waals surface area contributed by atoms with E-state index in [1.165, 1.54) is 5.56 Å². The summed E-state index contributed by atoms with van der Waals surface area (Å²) in [6.45, 7) is 2.54. The first kappa shape index (κ1) is 19.2. The first-order valence-electron chi connectivity index (χ1n) is 9.50. The van der Waals surface area contributed by atoms with Crippen LogP contribution in [0.15, 0.2) is 71.8 Å². The molecule has 4 aromatic rings. The third-order valence-electron chi connectivity index (χ3n) is 4.90. The molecule has 0 saturated carbocycles. The van der Waals surface area contributed by atoms with Crippen LogP contribution in [-0.4, -0.2) is 26.3 Å². The second-order valence-electron chi connectivity index (χ2n) is 7.75. The molecule has 0 radical (unpaired) electrons. The van der Waals surface area contributed by atoms with Crippen molar-refractivity contribution < 1.29 is 4.21 Å². The molecule has 0 atom stereocenters. The number of nitrogens with zero attached hydrogens (tertiary/aromatic N) is 1. The number of hydrogen-bond acceptors (Lipinski definition) is 2. The summed E-state index contributed by atoms with van der Waals surface area (Å²) in [5.41, 5.74) is 5.54. The van der Waals surface area contributed by atoms with E-state index < -0.39 is 10.1 Å². The molecule has 2 heterocycles. The molecule has 0 aliphatic rings. The molecule has 2 N–H and O–H groups in total. The molecule has 6 heteroatoms. The Kier molecular flexibility index (Phi) is 4.88. The van der Waals surface area contributed by atoms with E-state index in [1.54, 1.807) is 25.6 Å². The van der Waals surface area contributed by atoms with Crippen molar-refractivity contribution >= 4 is 26.7 Å². The van der Waals surface area contributed by atoms with Gasteiger partial charge in [0, 0.05) is 42.4 Å². The first-order valence-corrected chi connectivity index (χ1v) is 12.1. The average Bonchev–Trinajstić information content (AvgIpc) is 3.07. The fraction of sp³-hybridized carbons (Fsp3) is 0.174. The van der Waals surface area contributed by atoms with Crippen LogP contribution in [0.1, 0.15) is 11.1 Å². The summed E-state index contributed by atoms with van der Waals surface area (Å²) in [7, 11) is -2.50. The number of benzene rings is 2. The maximum atomic E-state index is 12.5. The zero-order valence-corrected chi connectivity index (χ0v) is 17.7. The predicted octanol–water partition coefficient (Wildman–Crippen LogP) is 3.96. The highest BCUT2D eigenvalue weighted by Gasteiger charge is 2.13. The lowest BCUT2D eigenvalue weighted by molar-refractivity contribution is 0.682. The van der Waals surface area contributed by atoms with Crippen molar-refractivity contribution in [1.82, 2.24) is 9.55 Å². The van der Waals surface area contributed by atoms with Crippen LogP contribution in [0.4, 0.5) is 5.69 Å². The zero-order valence-electron chi connectivity index (χ0n) is 16.8. The highest BCUT2D eigenvalue weighted by molar-refractivity contribution is 8.02. The summed E-state index contributed by atoms with van der Waals surface area (Å²) in [5, 5.41) is 1.02. The molecular formula is C23H25N3O2S. The number of fused-ring (bicyclic) bond motifs is 1. The normalized spacial score (nSPS) is 12.2. The van der Waals surface area contributed by atoms with E-state index in [1.807, 2.05) is 30.3 Å². The van der Waals surface area contributed by atoms with E-state index in [2.05, 4.69) is 44.7 Å². The van der Waals surface area contributed by atoms with Crippen LogP contribution in [0.5, 0.6) is 0 Å². The number of hydrogen-bond donors (Lipinski definition) is 3. The third kappa shape index (κ3) is 4.17. The lowest BCUT2D eigenvalue weighted by atomic mass is 10.0. The van der Waals surface area contributed by atoms with Gasteiger partial charge in [-0.15, -0.1) is 0 Å². The van der Waals surface area contributed by atoms with Gasteiger partial charge in [0.25, 0.3) is 5.56 Å². The van der Waals surface area contributed by atoms with Gasteiger partial charge in [-0.1, -0.05) is 30.3 Å². The van der Waals surface area contributed by atoms with Gasteiger partial charge in [-0.25, -0.2) is 0 Å². The summed E-state index contributed by atoms with van der Waals surface area (Å²) in [6.07, 6.45) is 7.22. The Morgan fingerprint density at radius 1 is 1.03 bits per heavy atom. The van der Waals surface area contributed by atoms with Gasteiger partial charge in [-0.05, 0) is 58.0 Å². The quantitative estimate of drug-likeness (QED) is 0.439. The Morgan fingerprint density at radius 3 is 2.48 bits per heavy atom. The Balaban J connectivity index is 1.89. The molecule has 29 heavy (non-hydrogen) atoms. The molecule has 0 aliphatic carbocycles.